The third kappa shape index (κ3) is 35000. The summed E-state index contributed by atoms with van der Waals surface area (Å²) in [7, 11) is -20.7. The molecule has 0 unspecified atom stereocenters. The van der Waals surface area contributed by atoms with Gasteiger partial charge in [-0.2, -0.15) is 0 Å². The Hall–Kier alpha value is 0.797. The maximum Gasteiger partial charge on any atom is 3.00 e. The Labute approximate surface area is 203 Å². The van der Waals surface area contributed by atoms with E-state index in [1.54, 1.807) is 0 Å². The monoisotopic (exact) mass is 587 g/mol. The molecule has 184 valence electrons. The maximum absolute atomic E-state index is 8.52. The molecule has 0 rings (SSSR count). The van der Waals surface area contributed by atoms with Crippen LogP contribution >= 0.6 is 0 Å². The van der Waals surface area contributed by atoms with E-state index in [0.29, 0.717) is 0 Å². The molecule has 23 nitrogen and oxygen atoms in total. The first-order valence-corrected chi connectivity index (χ1v) is 8.00. The van der Waals surface area contributed by atoms with Crippen molar-refractivity contribution in [2.75, 3.05) is 0 Å². The fourth-order valence-corrected chi connectivity index (χ4v) is 0. The molecule has 0 saturated heterocycles. The molecule has 0 aromatic rings. The number of hydrogen-bond acceptors (Lipinski definition) is 20. The van der Waals surface area contributed by atoms with E-state index in [0.717, 1.165) is 0 Å². The molecule has 30 heteroatoms. The quantitative estimate of drug-likeness (QED) is 0.134. The third-order valence-electron chi connectivity index (χ3n) is 0. The minimum Gasteiger partial charge on any atom is -0.870 e. The molecule has 0 fully saturated rings. The van der Waals surface area contributed by atoms with Gasteiger partial charge in [0.25, 0.3) is 0 Å². The van der Waals surface area contributed by atoms with E-state index < -0.39 is 41.6 Å². The van der Waals surface area contributed by atoms with Gasteiger partial charge in [-0.1, -0.05) is 0 Å². The van der Waals surface area contributed by atoms with Gasteiger partial charge in [0.05, 0.1) is 0 Å². The molecule has 0 heterocycles. The average Bonchev–Trinajstić information content (AvgIpc) is 1.62. The Morgan fingerprint density at radius 3 is 0.333 bits per heavy atom. The molecule has 0 amide bonds. The van der Waals surface area contributed by atoms with Crippen LogP contribution in [0.15, 0.2) is 0 Å². The van der Waals surface area contributed by atoms with E-state index >= 15 is 0 Å². The van der Waals surface area contributed by atoms with E-state index in [-0.39, 0.29) is 92.4 Å². The molecule has 0 aliphatic carbocycles. The van der Waals surface area contributed by atoms with Crippen LogP contribution in [-0.2, 0) is 41.6 Å². The van der Waals surface area contributed by atoms with Crippen molar-refractivity contribution in [1.29, 1.82) is 0 Å². The standard InChI is InChI=1S/3Al.3H3N.4H2O4S.4H2O/c;;;;;;4*1-5(2,3)4;;;;/h;;;3*1H3;4*(H2,1,2,3,4);4*1H2/q3*+3;;;;;;;;;;;/p-9. The summed E-state index contributed by atoms with van der Waals surface area (Å²) in [6, 6.07) is 0. The van der Waals surface area contributed by atoms with E-state index in [4.69, 9.17) is 70.1 Å². The molecule has 0 aliphatic heterocycles. The Morgan fingerprint density at radius 1 is 0.333 bits per heavy atom. The molecule has 0 saturated carbocycles. The van der Waals surface area contributed by atoms with Crippen LogP contribution in [0.4, 0.5) is 0 Å². The minimum absolute atomic E-state index is 0. The predicted octanol–water partition coefficient (Wildman–Crippen LogP) is -8.66. The van der Waals surface area contributed by atoms with Crippen LogP contribution in [0.5, 0.6) is 0 Å². The van der Waals surface area contributed by atoms with Gasteiger partial charge in [0, 0.05) is 41.6 Å². The van der Waals surface area contributed by atoms with Crippen LogP contribution in [0.1, 0.15) is 0 Å². The first-order valence-electron chi connectivity index (χ1n) is 2.67. The van der Waals surface area contributed by atoms with Gasteiger partial charge in [0.15, 0.2) is 0 Å². The molecule has 0 bridgehead atoms. The molecule has 0 aromatic carbocycles. The van der Waals surface area contributed by atoms with E-state index in [9.17, 15) is 0 Å². The topological polar surface area (TPSA) is 551 Å². The summed E-state index contributed by atoms with van der Waals surface area (Å²) in [5, 5.41) is 0. The third-order valence-corrected chi connectivity index (χ3v) is 0. The summed E-state index contributed by atoms with van der Waals surface area (Å²) in [6.07, 6.45) is 0. The van der Waals surface area contributed by atoms with Gasteiger partial charge in [-0.3, -0.25) is 33.7 Å². The van der Waals surface area contributed by atoms with Gasteiger partial charge >= 0.3 is 52.1 Å². The summed E-state index contributed by atoms with van der Waals surface area (Å²) < 4.78 is 136. The second-order valence-corrected chi connectivity index (χ2v) is 4.90. The first kappa shape index (κ1) is 96.9. The second kappa shape index (κ2) is 40.2. The zero-order chi connectivity index (χ0) is 18.0. The van der Waals surface area contributed by atoms with Crippen molar-refractivity contribution < 1.29 is 92.0 Å². The van der Waals surface area contributed by atoms with Crippen molar-refractivity contribution in [2.45, 2.75) is 0 Å². The fourth-order valence-electron chi connectivity index (χ4n) is 0. The van der Waals surface area contributed by atoms with Crippen molar-refractivity contribution in [3.8, 4) is 0 Å². The van der Waals surface area contributed by atoms with Crippen LogP contribution < -0.4 is 18.5 Å². The average molecular weight is 587 g/mol. The molecule has 0 spiro atoms. The first-order chi connectivity index (χ1) is 8.00. The van der Waals surface area contributed by atoms with Gasteiger partial charge in [0.1, 0.15) is 0 Å². The van der Waals surface area contributed by atoms with E-state index in [1.165, 1.54) is 0 Å². The van der Waals surface area contributed by atoms with Crippen LogP contribution in [0.2, 0.25) is 0 Å². The SMILES string of the molecule is N.N.N.O.O.O.O=S(=O)([O-])[O-].O=S(=O)([O-])[O-].O=S(=O)([O-])[O-].O=S(=O)([O-])[O-].[Al+3].[Al+3].[Al+3].[OH-]. The Kier molecular flexibility index (Phi) is 130. The van der Waals surface area contributed by atoms with Crippen LogP contribution in [0.25, 0.3) is 0 Å². The van der Waals surface area contributed by atoms with Gasteiger partial charge in [-0.05, 0) is 0 Å². The van der Waals surface area contributed by atoms with Gasteiger partial charge in [-0.25, -0.2) is 0 Å². The molecule has 16 N–H and O–H groups in total. The Morgan fingerprint density at radius 2 is 0.333 bits per heavy atom. The molecular weight excluding hydrogens is 571 g/mol. The summed E-state index contributed by atoms with van der Waals surface area (Å²) >= 11 is 0. The largest absolute Gasteiger partial charge is 3.00 e. The Balaban J connectivity index is -0.00000000853. The van der Waals surface area contributed by atoms with Crippen molar-refractivity contribution in [2.24, 2.45) is 0 Å². The fraction of sp³-hybridized carbons (Fsp3) is 0. The smallest absolute Gasteiger partial charge is 0.870 e. The summed E-state index contributed by atoms with van der Waals surface area (Å²) in [6.45, 7) is 0. The predicted molar refractivity (Wildman–Crippen MR) is 87.0 cm³/mol. The summed E-state index contributed by atoms with van der Waals surface area (Å²) in [4.78, 5) is 0. The molecule has 30 heavy (non-hydrogen) atoms. The molecule has 0 atom stereocenters. The van der Waals surface area contributed by atoms with Gasteiger partial charge in [0.2, 0.25) is 0 Å². The van der Waals surface area contributed by atoms with Gasteiger partial charge in [-0.15, -0.1) is 0 Å². The number of hydrogen-bond donors (Lipinski definition) is 3. The zero-order valence-corrected chi connectivity index (χ0v) is 20.7. The van der Waals surface area contributed by atoms with Crippen molar-refractivity contribution in [1.82, 2.24) is 18.5 Å². The normalized spacial score (nSPS) is 7.73. The molecule has 0 aromatic heterocycles. The Bertz CT molecular complexity index is 496. The summed E-state index contributed by atoms with van der Waals surface area (Å²) in [5.74, 6) is 0. The number of rotatable bonds is 0. The van der Waals surface area contributed by atoms with Crippen molar-refractivity contribution >= 4 is 93.7 Å². The van der Waals surface area contributed by atoms with Crippen LogP contribution in [-0.4, -0.2) is 144 Å². The second-order valence-electron chi connectivity index (χ2n) is 1.63. The van der Waals surface area contributed by atoms with Crippen molar-refractivity contribution in [3.63, 3.8) is 0 Å². The van der Waals surface area contributed by atoms with E-state index in [1.807, 2.05) is 0 Å². The van der Waals surface area contributed by atoms with Crippen LogP contribution in [0, 0.1) is 0 Å². The molecular formula is H16Al3N3O20S4. The summed E-state index contributed by atoms with van der Waals surface area (Å²) in [5.41, 5.74) is 0. The van der Waals surface area contributed by atoms with Crippen molar-refractivity contribution in [3.05, 3.63) is 0 Å². The minimum atomic E-state index is -5.17. The van der Waals surface area contributed by atoms with E-state index in [2.05, 4.69) is 0 Å². The zero-order valence-electron chi connectivity index (χ0n) is 14.0. The molecule has 0 radical (unpaired) electrons. The maximum atomic E-state index is 8.52. The molecule has 0 aliphatic rings. The van der Waals surface area contributed by atoms with Gasteiger partial charge < -0.3 is 76.8 Å². The van der Waals surface area contributed by atoms with Crippen LogP contribution in [0.3, 0.4) is 0 Å².